The number of carbonyl (C=O) groups excluding carboxylic acids is 1. The largest absolute Gasteiger partial charge is 0.480 e. The van der Waals surface area contributed by atoms with Crippen LogP contribution in [0.3, 0.4) is 0 Å². The molecule has 0 saturated carbocycles. The minimum absolute atomic E-state index is 0.0775. The number of hydrogen-bond donors (Lipinski definition) is 1. The summed E-state index contributed by atoms with van der Waals surface area (Å²) in [5, 5.41) is 17.6. The zero-order valence-corrected chi connectivity index (χ0v) is 10.2. The van der Waals surface area contributed by atoms with Gasteiger partial charge in [0.15, 0.2) is 0 Å². The monoisotopic (exact) mass is 266 g/mol. The van der Waals surface area contributed by atoms with Gasteiger partial charge in [-0.1, -0.05) is 17.7 Å². The highest BCUT2D eigenvalue weighted by Gasteiger charge is 2.18. The van der Waals surface area contributed by atoms with Crippen molar-refractivity contribution in [1.82, 2.24) is 4.90 Å². The molecule has 0 heterocycles. The minimum atomic E-state index is -1.12. The van der Waals surface area contributed by atoms with Crippen LogP contribution >= 0.6 is 11.6 Å². The maximum atomic E-state index is 12.0. The Kier molecular flexibility index (Phi) is 5.15. The SMILES string of the molecule is N#CCCN(CC(=O)O)C(=O)c1cccc(Cl)c1. The topological polar surface area (TPSA) is 81.4 Å². The summed E-state index contributed by atoms with van der Waals surface area (Å²) in [5.41, 5.74) is 0.307. The van der Waals surface area contributed by atoms with E-state index >= 15 is 0 Å². The van der Waals surface area contributed by atoms with E-state index in [2.05, 4.69) is 0 Å². The van der Waals surface area contributed by atoms with Gasteiger partial charge >= 0.3 is 5.97 Å². The zero-order chi connectivity index (χ0) is 13.5. The summed E-state index contributed by atoms with van der Waals surface area (Å²) in [4.78, 5) is 23.8. The first-order valence-electron chi connectivity index (χ1n) is 5.18. The average Bonchev–Trinajstić information content (AvgIpc) is 2.33. The first kappa shape index (κ1) is 14.0. The van der Waals surface area contributed by atoms with Crippen LogP contribution in [0.25, 0.3) is 0 Å². The number of aliphatic carboxylic acids is 1. The highest BCUT2D eigenvalue weighted by molar-refractivity contribution is 6.30. The summed E-state index contributed by atoms with van der Waals surface area (Å²) < 4.78 is 0. The quantitative estimate of drug-likeness (QED) is 0.881. The number of carboxylic acid groups (broad SMARTS) is 1. The number of rotatable bonds is 5. The Morgan fingerprint density at radius 1 is 1.44 bits per heavy atom. The standard InChI is InChI=1S/C12H11ClN2O3/c13-10-4-1-3-9(7-10)12(18)15(6-2-5-14)8-11(16)17/h1,3-4,7H,2,6,8H2,(H,16,17). The fourth-order valence-electron chi connectivity index (χ4n) is 1.40. The third-order valence-electron chi connectivity index (χ3n) is 2.18. The number of carbonyl (C=O) groups is 2. The van der Waals surface area contributed by atoms with Gasteiger partial charge < -0.3 is 10.0 Å². The number of carboxylic acids is 1. The molecule has 0 aromatic heterocycles. The van der Waals surface area contributed by atoms with Crippen LogP contribution in [0.5, 0.6) is 0 Å². The lowest BCUT2D eigenvalue weighted by Gasteiger charge is -2.19. The van der Waals surface area contributed by atoms with E-state index in [0.717, 1.165) is 4.90 Å². The molecule has 0 saturated heterocycles. The van der Waals surface area contributed by atoms with Crippen LogP contribution in [0, 0.1) is 11.3 Å². The second-order valence-electron chi connectivity index (χ2n) is 3.54. The van der Waals surface area contributed by atoms with Crippen molar-refractivity contribution in [3.8, 4) is 6.07 Å². The van der Waals surface area contributed by atoms with E-state index in [1.807, 2.05) is 6.07 Å². The second kappa shape index (κ2) is 6.62. The Balaban J connectivity index is 2.87. The van der Waals surface area contributed by atoms with Gasteiger partial charge in [0, 0.05) is 17.1 Å². The summed E-state index contributed by atoms with van der Waals surface area (Å²) in [6, 6.07) is 8.12. The van der Waals surface area contributed by atoms with Gasteiger partial charge in [0.25, 0.3) is 5.91 Å². The molecule has 1 rings (SSSR count). The highest BCUT2D eigenvalue weighted by Crippen LogP contribution is 2.13. The van der Waals surface area contributed by atoms with Gasteiger partial charge in [-0.25, -0.2) is 0 Å². The molecule has 0 bridgehead atoms. The van der Waals surface area contributed by atoms with Gasteiger partial charge in [0.1, 0.15) is 6.54 Å². The van der Waals surface area contributed by atoms with E-state index in [0.29, 0.717) is 10.6 Å². The van der Waals surface area contributed by atoms with Crippen LogP contribution in [-0.4, -0.2) is 35.0 Å². The van der Waals surface area contributed by atoms with Crippen molar-refractivity contribution in [1.29, 1.82) is 5.26 Å². The van der Waals surface area contributed by atoms with Crippen LogP contribution in [-0.2, 0) is 4.79 Å². The van der Waals surface area contributed by atoms with Crippen molar-refractivity contribution in [2.75, 3.05) is 13.1 Å². The Labute approximate surface area is 109 Å². The van der Waals surface area contributed by atoms with Crippen molar-refractivity contribution in [3.05, 3.63) is 34.9 Å². The lowest BCUT2D eigenvalue weighted by Crippen LogP contribution is -2.36. The average molecular weight is 267 g/mol. The van der Waals surface area contributed by atoms with Crippen molar-refractivity contribution < 1.29 is 14.7 Å². The first-order chi connectivity index (χ1) is 8.54. The zero-order valence-electron chi connectivity index (χ0n) is 9.47. The maximum absolute atomic E-state index is 12.0. The minimum Gasteiger partial charge on any atom is -0.480 e. The predicted molar refractivity (Wildman–Crippen MR) is 65.2 cm³/mol. The second-order valence-corrected chi connectivity index (χ2v) is 3.98. The van der Waals surface area contributed by atoms with E-state index in [9.17, 15) is 9.59 Å². The number of halogens is 1. The number of nitrogens with zero attached hydrogens (tertiary/aromatic N) is 2. The van der Waals surface area contributed by atoms with Gasteiger partial charge in [-0.3, -0.25) is 9.59 Å². The molecule has 5 nitrogen and oxygen atoms in total. The summed E-state index contributed by atoms with van der Waals surface area (Å²) in [6.07, 6.45) is 0.0829. The number of amides is 1. The predicted octanol–water partition coefficient (Wildman–Crippen LogP) is 1.78. The third kappa shape index (κ3) is 4.07. The lowest BCUT2D eigenvalue weighted by atomic mass is 10.2. The van der Waals surface area contributed by atoms with Crippen molar-refractivity contribution in [2.45, 2.75) is 6.42 Å². The van der Waals surface area contributed by atoms with Crippen LogP contribution in [0.15, 0.2) is 24.3 Å². The molecule has 1 aromatic rings. The van der Waals surface area contributed by atoms with Gasteiger partial charge in [-0.05, 0) is 18.2 Å². The van der Waals surface area contributed by atoms with Gasteiger partial charge in [0.2, 0.25) is 0 Å². The number of nitriles is 1. The summed E-state index contributed by atoms with van der Waals surface area (Å²) in [5.74, 6) is -1.57. The van der Waals surface area contributed by atoms with Crippen LogP contribution in [0.1, 0.15) is 16.8 Å². The van der Waals surface area contributed by atoms with Crippen LogP contribution < -0.4 is 0 Å². The smallest absolute Gasteiger partial charge is 0.323 e. The molecule has 1 aromatic carbocycles. The Bertz CT molecular complexity index is 496. The molecule has 1 N–H and O–H groups in total. The van der Waals surface area contributed by atoms with Crippen molar-refractivity contribution >= 4 is 23.5 Å². The summed E-state index contributed by atoms with van der Waals surface area (Å²) >= 11 is 5.76. The molecule has 94 valence electrons. The molecule has 1 amide bonds. The van der Waals surface area contributed by atoms with Crippen molar-refractivity contribution in [3.63, 3.8) is 0 Å². The van der Waals surface area contributed by atoms with E-state index < -0.39 is 18.4 Å². The molecule has 6 heteroatoms. The van der Waals surface area contributed by atoms with Gasteiger partial charge in [-0.2, -0.15) is 5.26 Å². The Hall–Kier alpha value is -2.06. The Morgan fingerprint density at radius 3 is 2.72 bits per heavy atom. The van der Waals surface area contributed by atoms with E-state index in [1.54, 1.807) is 18.2 Å². The lowest BCUT2D eigenvalue weighted by molar-refractivity contribution is -0.137. The molecule has 0 aliphatic heterocycles. The number of hydrogen-bond acceptors (Lipinski definition) is 3. The molecule has 0 spiro atoms. The fraction of sp³-hybridized carbons (Fsp3) is 0.250. The van der Waals surface area contributed by atoms with Crippen LogP contribution in [0.2, 0.25) is 5.02 Å². The summed E-state index contributed by atoms with van der Waals surface area (Å²) in [7, 11) is 0. The molecule has 18 heavy (non-hydrogen) atoms. The highest BCUT2D eigenvalue weighted by atomic mass is 35.5. The molecule has 0 aliphatic rings. The maximum Gasteiger partial charge on any atom is 0.323 e. The third-order valence-corrected chi connectivity index (χ3v) is 2.41. The molecule has 0 radical (unpaired) electrons. The van der Waals surface area contributed by atoms with E-state index in [-0.39, 0.29) is 13.0 Å². The molecule has 0 fully saturated rings. The van der Waals surface area contributed by atoms with E-state index in [4.69, 9.17) is 22.0 Å². The fourth-order valence-corrected chi connectivity index (χ4v) is 1.60. The van der Waals surface area contributed by atoms with Gasteiger partial charge in [0.05, 0.1) is 12.5 Å². The van der Waals surface area contributed by atoms with Crippen LogP contribution in [0.4, 0.5) is 0 Å². The number of benzene rings is 1. The first-order valence-corrected chi connectivity index (χ1v) is 5.56. The molecule has 0 atom stereocenters. The van der Waals surface area contributed by atoms with E-state index in [1.165, 1.54) is 6.07 Å². The molecular weight excluding hydrogens is 256 g/mol. The van der Waals surface area contributed by atoms with Gasteiger partial charge in [-0.15, -0.1) is 0 Å². The molecular formula is C12H11ClN2O3. The Morgan fingerprint density at radius 2 is 2.17 bits per heavy atom. The normalized spacial score (nSPS) is 9.56. The van der Waals surface area contributed by atoms with Crippen molar-refractivity contribution in [2.24, 2.45) is 0 Å². The summed E-state index contributed by atoms with van der Waals surface area (Å²) in [6.45, 7) is -0.360. The molecule has 0 unspecified atom stereocenters. The molecule has 0 aliphatic carbocycles.